The van der Waals surface area contributed by atoms with Gasteiger partial charge in [0, 0.05) is 11.8 Å². The van der Waals surface area contributed by atoms with E-state index in [9.17, 15) is 4.79 Å². The number of carbonyl (C=O) groups is 1. The summed E-state index contributed by atoms with van der Waals surface area (Å²) in [7, 11) is 0. The number of rotatable bonds is 5. The Balaban J connectivity index is 1.82. The summed E-state index contributed by atoms with van der Waals surface area (Å²) in [4.78, 5) is 25.1. The van der Waals surface area contributed by atoms with Crippen LogP contribution in [0.1, 0.15) is 36.5 Å². The smallest absolute Gasteiger partial charge is 0.234 e. The van der Waals surface area contributed by atoms with Gasteiger partial charge in [-0.15, -0.1) is 11.3 Å². The molecule has 2 heterocycles. The first kappa shape index (κ1) is 13.9. The third-order valence-corrected chi connectivity index (χ3v) is 4.22. The predicted octanol–water partition coefficient (Wildman–Crippen LogP) is 2.76. The number of nitrogens with one attached hydrogen (secondary N) is 2. The van der Waals surface area contributed by atoms with Gasteiger partial charge in [0.1, 0.15) is 5.82 Å². The standard InChI is InChI=1S/C14H17N5OS/c1-8-15-13(17-9(2)20)19-14(16-8)18-12(10-5-6-10)11-4-3-7-21-11/h3-4,7,10,12H,5-6H2,1-2H3,(H2,15,16,17,18,19,20). The third-order valence-electron chi connectivity index (χ3n) is 3.26. The second-order valence-electron chi connectivity index (χ2n) is 5.19. The van der Waals surface area contributed by atoms with Crippen LogP contribution >= 0.6 is 11.3 Å². The van der Waals surface area contributed by atoms with Crippen molar-refractivity contribution >= 4 is 29.1 Å². The van der Waals surface area contributed by atoms with Crippen LogP contribution in [0.25, 0.3) is 0 Å². The van der Waals surface area contributed by atoms with E-state index < -0.39 is 0 Å². The Bertz CT molecular complexity index is 639. The molecule has 1 saturated carbocycles. The van der Waals surface area contributed by atoms with Crippen LogP contribution in [0.15, 0.2) is 17.5 Å². The van der Waals surface area contributed by atoms with E-state index in [0.717, 1.165) is 0 Å². The van der Waals surface area contributed by atoms with Crippen molar-refractivity contribution in [3.63, 3.8) is 0 Å². The fourth-order valence-corrected chi connectivity index (χ4v) is 3.09. The third kappa shape index (κ3) is 3.55. The van der Waals surface area contributed by atoms with Gasteiger partial charge in [0.15, 0.2) is 0 Å². The fourth-order valence-electron chi connectivity index (χ4n) is 2.22. The highest BCUT2D eigenvalue weighted by molar-refractivity contribution is 7.10. The molecule has 1 aliphatic rings. The molecule has 6 nitrogen and oxygen atoms in total. The van der Waals surface area contributed by atoms with Gasteiger partial charge in [-0.05, 0) is 37.1 Å². The maximum absolute atomic E-state index is 11.1. The Morgan fingerprint density at radius 3 is 2.71 bits per heavy atom. The lowest BCUT2D eigenvalue weighted by molar-refractivity contribution is -0.114. The Kier molecular flexibility index (Phi) is 3.83. The van der Waals surface area contributed by atoms with E-state index in [1.807, 2.05) is 0 Å². The van der Waals surface area contributed by atoms with Gasteiger partial charge in [-0.3, -0.25) is 10.1 Å². The highest BCUT2D eigenvalue weighted by atomic mass is 32.1. The average Bonchev–Trinajstić information content (AvgIpc) is 3.09. The molecular formula is C14H17N5OS. The van der Waals surface area contributed by atoms with Crippen LogP contribution in [0.3, 0.4) is 0 Å². The zero-order chi connectivity index (χ0) is 14.8. The van der Waals surface area contributed by atoms with E-state index in [4.69, 9.17) is 0 Å². The van der Waals surface area contributed by atoms with Crippen molar-refractivity contribution in [3.05, 3.63) is 28.2 Å². The van der Waals surface area contributed by atoms with Crippen molar-refractivity contribution in [1.82, 2.24) is 15.0 Å². The molecule has 2 N–H and O–H groups in total. The van der Waals surface area contributed by atoms with Crippen LogP contribution in [0, 0.1) is 12.8 Å². The Morgan fingerprint density at radius 1 is 1.33 bits per heavy atom. The number of nitrogens with zero attached hydrogens (tertiary/aromatic N) is 3. The highest BCUT2D eigenvalue weighted by Gasteiger charge is 2.33. The normalized spacial score (nSPS) is 15.5. The van der Waals surface area contributed by atoms with Crippen LogP contribution in [0.2, 0.25) is 0 Å². The molecule has 2 aromatic heterocycles. The fraction of sp³-hybridized carbons (Fsp3) is 0.429. The molecule has 0 aliphatic heterocycles. The first-order valence-corrected chi connectivity index (χ1v) is 7.80. The minimum atomic E-state index is -0.191. The van der Waals surface area contributed by atoms with Crippen LogP contribution in [0.4, 0.5) is 11.9 Å². The van der Waals surface area contributed by atoms with E-state index in [-0.39, 0.29) is 11.9 Å². The number of anilines is 2. The van der Waals surface area contributed by atoms with Crippen molar-refractivity contribution in [1.29, 1.82) is 0 Å². The maximum Gasteiger partial charge on any atom is 0.234 e. The second kappa shape index (κ2) is 5.77. The molecule has 3 rings (SSSR count). The molecule has 0 bridgehead atoms. The van der Waals surface area contributed by atoms with E-state index in [1.54, 1.807) is 18.3 Å². The number of thiophene rings is 1. The monoisotopic (exact) mass is 303 g/mol. The van der Waals surface area contributed by atoms with Gasteiger partial charge in [-0.2, -0.15) is 15.0 Å². The Hall–Kier alpha value is -2.02. The van der Waals surface area contributed by atoms with E-state index in [1.165, 1.54) is 24.6 Å². The zero-order valence-electron chi connectivity index (χ0n) is 12.0. The largest absolute Gasteiger partial charge is 0.346 e. The Morgan fingerprint density at radius 2 is 2.10 bits per heavy atom. The van der Waals surface area contributed by atoms with Crippen molar-refractivity contribution < 1.29 is 4.79 Å². The zero-order valence-corrected chi connectivity index (χ0v) is 12.8. The summed E-state index contributed by atoms with van der Waals surface area (Å²) < 4.78 is 0. The molecule has 1 atom stereocenters. The predicted molar refractivity (Wildman–Crippen MR) is 82.3 cm³/mol. The molecule has 1 amide bonds. The molecular weight excluding hydrogens is 286 g/mol. The first-order valence-electron chi connectivity index (χ1n) is 6.92. The Labute approximate surface area is 127 Å². The summed E-state index contributed by atoms with van der Waals surface area (Å²) >= 11 is 1.73. The molecule has 0 aromatic carbocycles. The molecule has 1 aliphatic carbocycles. The topological polar surface area (TPSA) is 79.8 Å². The highest BCUT2D eigenvalue weighted by Crippen LogP contribution is 2.43. The first-order chi connectivity index (χ1) is 10.1. The van der Waals surface area contributed by atoms with Gasteiger partial charge >= 0.3 is 0 Å². The minimum absolute atomic E-state index is 0.191. The summed E-state index contributed by atoms with van der Waals surface area (Å²) in [6, 6.07) is 4.42. The van der Waals surface area contributed by atoms with Gasteiger partial charge in [0.25, 0.3) is 0 Å². The van der Waals surface area contributed by atoms with Gasteiger partial charge in [-0.1, -0.05) is 6.07 Å². The lowest BCUT2D eigenvalue weighted by Gasteiger charge is -2.17. The lowest BCUT2D eigenvalue weighted by Crippen LogP contribution is -2.17. The summed E-state index contributed by atoms with van der Waals surface area (Å²) in [6.45, 7) is 3.22. The molecule has 2 aromatic rings. The second-order valence-corrected chi connectivity index (χ2v) is 6.17. The van der Waals surface area contributed by atoms with E-state index in [0.29, 0.717) is 23.6 Å². The van der Waals surface area contributed by atoms with Crippen molar-refractivity contribution in [2.75, 3.05) is 10.6 Å². The molecule has 21 heavy (non-hydrogen) atoms. The van der Waals surface area contributed by atoms with Crippen molar-refractivity contribution in [2.24, 2.45) is 5.92 Å². The van der Waals surface area contributed by atoms with Crippen LogP contribution < -0.4 is 10.6 Å². The molecule has 0 spiro atoms. The van der Waals surface area contributed by atoms with Gasteiger partial charge in [-0.25, -0.2) is 0 Å². The van der Waals surface area contributed by atoms with Gasteiger partial charge in [0.2, 0.25) is 17.8 Å². The van der Waals surface area contributed by atoms with Crippen molar-refractivity contribution in [3.8, 4) is 0 Å². The van der Waals surface area contributed by atoms with Gasteiger partial charge < -0.3 is 5.32 Å². The van der Waals surface area contributed by atoms with Crippen molar-refractivity contribution in [2.45, 2.75) is 32.7 Å². The maximum atomic E-state index is 11.1. The number of hydrogen-bond acceptors (Lipinski definition) is 6. The number of hydrogen-bond donors (Lipinski definition) is 2. The van der Waals surface area contributed by atoms with E-state index in [2.05, 4.69) is 43.1 Å². The number of aryl methyl sites for hydroxylation is 1. The number of amides is 1. The summed E-state index contributed by atoms with van der Waals surface area (Å²) in [5.41, 5.74) is 0. The minimum Gasteiger partial charge on any atom is -0.346 e. The SMILES string of the molecule is CC(=O)Nc1nc(C)nc(NC(c2cccs2)C2CC2)n1. The lowest BCUT2D eigenvalue weighted by atomic mass is 10.1. The summed E-state index contributed by atoms with van der Waals surface area (Å²) in [6.07, 6.45) is 2.44. The molecule has 1 fully saturated rings. The van der Waals surface area contributed by atoms with Crippen LogP contribution in [0.5, 0.6) is 0 Å². The number of aromatic nitrogens is 3. The molecule has 1 unspecified atom stereocenters. The molecule has 0 saturated heterocycles. The molecule has 110 valence electrons. The average molecular weight is 303 g/mol. The quantitative estimate of drug-likeness (QED) is 0.888. The summed E-state index contributed by atoms with van der Waals surface area (Å²) in [5, 5.41) is 8.07. The molecule has 7 heteroatoms. The van der Waals surface area contributed by atoms with E-state index >= 15 is 0 Å². The van der Waals surface area contributed by atoms with Crippen LogP contribution in [-0.4, -0.2) is 20.9 Å². The van der Waals surface area contributed by atoms with Crippen LogP contribution in [-0.2, 0) is 4.79 Å². The summed E-state index contributed by atoms with van der Waals surface area (Å²) in [5.74, 6) is 1.82. The number of carbonyl (C=O) groups excluding carboxylic acids is 1. The van der Waals surface area contributed by atoms with Gasteiger partial charge in [0.05, 0.1) is 6.04 Å². The molecule has 0 radical (unpaired) electrons.